The monoisotopic (exact) mass is 469 g/mol. The zero-order valence-electron chi connectivity index (χ0n) is 16.6. The van der Waals surface area contributed by atoms with Crippen LogP contribution >= 0.6 is 23.2 Å². The van der Waals surface area contributed by atoms with Gasteiger partial charge in [0.1, 0.15) is 0 Å². The van der Waals surface area contributed by atoms with E-state index in [0.717, 1.165) is 11.8 Å². The number of carbonyl (C=O) groups is 2. The molecule has 0 saturated carbocycles. The lowest BCUT2D eigenvalue weighted by Crippen LogP contribution is -2.35. The van der Waals surface area contributed by atoms with Gasteiger partial charge in [0, 0.05) is 18.7 Å². The molecule has 1 unspecified atom stereocenters. The van der Waals surface area contributed by atoms with E-state index < -0.39 is 15.9 Å². The van der Waals surface area contributed by atoms with Crippen molar-refractivity contribution in [2.75, 3.05) is 29.5 Å². The van der Waals surface area contributed by atoms with Crippen LogP contribution in [0.2, 0.25) is 10.0 Å². The van der Waals surface area contributed by atoms with Crippen LogP contribution in [0.1, 0.15) is 22.8 Å². The molecule has 30 heavy (non-hydrogen) atoms. The number of hydrogen-bond donors (Lipinski definition) is 1. The number of anilines is 2. The number of nitrogens with one attached hydrogen (secondary N) is 1. The van der Waals surface area contributed by atoms with Gasteiger partial charge in [-0.3, -0.25) is 13.9 Å². The Hall–Kier alpha value is -2.29. The van der Waals surface area contributed by atoms with Crippen molar-refractivity contribution >= 4 is 56.4 Å². The summed E-state index contributed by atoms with van der Waals surface area (Å²) >= 11 is 12.1. The highest BCUT2D eigenvalue weighted by molar-refractivity contribution is 7.92. The van der Waals surface area contributed by atoms with Crippen molar-refractivity contribution in [3.8, 4) is 0 Å². The lowest BCUT2D eigenvalue weighted by Gasteiger charge is -2.22. The molecule has 0 aromatic heterocycles. The number of benzene rings is 2. The molecule has 0 aliphatic carbocycles. The van der Waals surface area contributed by atoms with Crippen LogP contribution in [0.15, 0.2) is 36.4 Å². The third kappa shape index (κ3) is 4.55. The van der Waals surface area contributed by atoms with Crippen LogP contribution in [0, 0.1) is 0 Å². The quantitative estimate of drug-likeness (QED) is 0.726. The van der Waals surface area contributed by atoms with E-state index in [4.69, 9.17) is 23.2 Å². The van der Waals surface area contributed by atoms with Crippen LogP contribution in [0.3, 0.4) is 0 Å². The molecular weight excluding hydrogens is 449 g/mol. The maximum atomic E-state index is 12.8. The summed E-state index contributed by atoms with van der Waals surface area (Å²) in [4.78, 5) is 26.4. The van der Waals surface area contributed by atoms with Gasteiger partial charge in [-0.15, -0.1) is 0 Å². The molecule has 1 N–H and O–H groups in total. The maximum Gasteiger partial charge on any atom is 0.254 e. The maximum absolute atomic E-state index is 12.8. The summed E-state index contributed by atoms with van der Waals surface area (Å²) in [7, 11) is -1.90. The number of fused-ring (bicyclic) bond motifs is 1. The Morgan fingerprint density at radius 3 is 2.43 bits per heavy atom. The normalized spacial score (nSPS) is 15.6. The van der Waals surface area contributed by atoms with Crippen molar-refractivity contribution in [3.63, 3.8) is 0 Å². The van der Waals surface area contributed by atoms with E-state index in [0.29, 0.717) is 33.4 Å². The largest absolute Gasteiger partial charge is 0.332 e. The van der Waals surface area contributed by atoms with Crippen molar-refractivity contribution < 1.29 is 18.0 Å². The number of sulfonamides is 1. The van der Waals surface area contributed by atoms with Gasteiger partial charge < -0.3 is 10.2 Å². The van der Waals surface area contributed by atoms with E-state index in [2.05, 4.69) is 5.32 Å². The summed E-state index contributed by atoms with van der Waals surface area (Å²) < 4.78 is 25.4. The molecule has 0 bridgehead atoms. The molecule has 160 valence electrons. The highest BCUT2D eigenvalue weighted by Gasteiger charge is 2.33. The molecule has 3 rings (SSSR count). The second-order valence-electron chi connectivity index (χ2n) is 7.26. The van der Waals surface area contributed by atoms with Crippen LogP contribution in [0.5, 0.6) is 0 Å². The molecule has 1 aliphatic rings. The Morgan fingerprint density at radius 2 is 1.83 bits per heavy atom. The van der Waals surface area contributed by atoms with Crippen LogP contribution in [-0.2, 0) is 21.2 Å². The number of amides is 2. The minimum absolute atomic E-state index is 0.205. The zero-order valence-corrected chi connectivity index (χ0v) is 19.0. The number of hydrogen-bond acceptors (Lipinski definition) is 4. The van der Waals surface area contributed by atoms with Crippen LogP contribution in [0.25, 0.3) is 0 Å². The lowest BCUT2D eigenvalue weighted by molar-refractivity contribution is -0.116. The van der Waals surface area contributed by atoms with Crippen LogP contribution < -0.4 is 9.62 Å². The van der Waals surface area contributed by atoms with Crippen molar-refractivity contribution in [1.82, 2.24) is 4.90 Å². The topological polar surface area (TPSA) is 86.8 Å². The summed E-state index contributed by atoms with van der Waals surface area (Å²) in [6.07, 6.45) is 1.67. The molecule has 1 aliphatic heterocycles. The first-order valence-electron chi connectivity index (χ1n) is 9.10. The number of halogens is 2. The van der Waals surface area contributed by atoms with Gasteiger partial charge in [0.05, 0.1) is 34.2 Å². The number of carbonyl (C=O) groups excluding carboxylic acids is 2. The summed E-state index contributed by atoms with van der Waals surface area (Å²) in [5.41, 5.74) is 2.02. The number of likely N-dealkylation sites (N-methyl/N-ethyl adjacent to an activating group) is 1. The zero-order chi connectivity index (χ0) is 22.2. The van der Waals surface area contributed by atoms with E-state index in [1.54, 1.807) is 36.4 Å². The predicted molar refractivity (Wildman–Crippen MR) is 119 cm³/mol. The molecule has 7 nitrogen and oxygen atoms in total. The highest BCUT2D eigenvalue weighted by atomic mass is 35.5. The van der Waals surface area contributed by atoms with Gasteiger partial charge in [0.2, 0.25) is 15.9 Å². The second kappa shape index (κ2) is 8.45. The highest BCUT2D eigenvalue weighted by Crippen LogP contribution is 2.35. The van der Waals surface area contributed by atoms with Crippen LogP contribution in [-0.4, -0.2) is 51.0 Å². The van der Waals surface area contributed by atoms with Crippen molar-refractivity contribution in [3.05, 3.63) is 57.6 Å². The van der Waals surface area contributed by atoms with E-state index in [1.165, 1.54) is 16.3 Å². The van der Waals surface area contributed by atoms with E-state index in [9.17, 15) is 18.0 Å². The smallest absolute Gasteiger partial charge is 0.254 e. The Labute approximate surface area is 185 Å². The van der Waals surface area contributed by atoms with Gasteiger partial charge in [-0.25, -0.2) is 8.42 Å². The molecule has 0 fully saturated rings. The average molecular weight is 470 g/mol. The summed E-state index contributed by atoms with van der Waals surface area (Å²) in [5.74, 6) is -0.803. The van der Waals surface area contributed by atoms with Crippen molar-refractivity contribution in [1.29, 1.82) is 0 Å². The first-order valence-corrected chi connectivity index (χ1v) is 11.7. The summed E-state index contributed by atoms with van der Waals surface area (Å²) in [6, 6.07) is 9.52. The third-order valence-corrected chi connectivity index (χ3v) is 6.69. The molecule has 1 heterocycles. The minimum Gasteiger partial charge on any atom is -0.332 e. The van der Waals surface area contributed by atoms with Crippen molar-refractivity contribution in [2.24, 2.45) is 0 Å². The SMILES string of the molecule is CC1Cc2cc(C(=O)N(C)CC(=O)Nc3c(Cl)cccc3Cl)ccc2N1S(C)(=O)=O. The Balaban J connectivity index is 1.73. The van der Waals surface area contributed by atoms with Gasteiger partial charge >= 0.3 is 0 Å². The Kier molecular flexibility index (Phi) is 6.31. The summed E-state index contributed by atoms with van der Waals surface area (Å²) in [6.45, 7) is 1.61. The molecule has 10 heteroatoms. The molecular formula is C20H21Cl2N3O4S. The van der Waals surface area contributed by atoms with Gasteiger partial charge in [-0.2, -0.15) is 0 Å². The first-order chi connectivity index (χ1) is 14.0. The molecule has 2 aromatic rings. The fourth-order valence-corrected chi connectivity index (χ4v) is 5.30. The molecule has 0 radical (unpaired) electrons. The molecule has 1 atom stereocenters. The van der Waals surface area contributed by atoms with Gasteiger partial charge in [0.15, 0.2) is 0 Å². The number of rotatable bonds is 5. The van der Waals surface area contributed by atoms with E-state index >= 15 is 0 Å². The molecule has 2 amide bonds. The van der Waals surface area contributed by atoms with Gasteiger partial charge in [0.25, 0.3) is 5.91 Å². The standard InChI is InChI=1S/C20H21Cl2N3O4S/c1-12-9-14-10-13(7-8-17(14)25(12)30(3,28)29)20(27)24(2)11-18(26)23-19-15(21)5-4-6-16(19)22/h4-8,10,12H,9,11H2,1-3H3,(H,23,26). The van der Waals surface area contributed by atoms with Gasteiger partial charge in [-0.05, 0) is 49.2 Å². The second-order valence-corrected chi connectivity index (χ2v) is 9.94. The number of nitrogens with zero attached hydrogens (tertiary/aromatic N) is 2. The molecule has 0 spiro atoms. The average Bonchev–Trinajstić information content (AvgIpc) is 2.99. The first kappa shape index (κ1) is 22.4. The Bertz CT molecular complexity index is 1100. The van der Waals surface area contributed by atoms with Gasteiger partial charge in [-0.1, -0.05) is 29.3 Å². The third-order valence-electron chi connectivity index (χ3n) is 4.79. The fourth-order valence-electron chi connectivity index (χ4n) is 3.54. The fraction of sp³-hybridized carbons (Fsp3) is 0.300. The van der Waals surface area contributed by atoms with E-state index in [-0.39, 0.29) is 18.5 Å². The van der Waals surface area contributed by atoms with E-state index in [1.807, 2.05) is 6.92 Å². The lowest BCUT2D eigenvalue weighted by atomic mass is 10.1. The van der Waals surface area contributed by atoms with Crippen LogP contribution in [0.4, 0.5) is 11.4 Å². The minimum atomic E-state index is -3.40. The predicted octanol–water partition coefficient (Wildman–Crippen LogP) is 3.41. The number of para-hydroxylation sites is 1. The molecule has 0 saturated heterocycles. The molecule has 2 aromatic carbocycles. The Morgan fingerprint density at radius 1 is 1.20 bits per heavy atom. The summed E-state index contributed by atoms with van der Waals surface area (Å²) in [5, 5.41) is 3.21. The van der Waals surface area contributed by atoms with Crippen molar-refractivity contribution in [2.45, 2.75) is 19.4 Å².